The molecule has 0 radical (unpaired) electrons. The number of carbonyl (C=O) groups excluding carboxylic acids is 3. The Labute approximate surface area is 165 Å². The Bertz CT molecular complexity index is 730. The van der Waals surface area contributed by atoms with Crippen LogP contribution >= 0.6 is 0 Å². The number of ether oxygens (including phenoxy) is 3. The van der Waals surface area contributed by atoms with Crippen molar-refractivity contribution in [2.24, 2.45) is 22.7 Å². The molecule has 1 N–H and O–H groups in total. The van der Waals surface area contributed by atoms with Gasteiger partial charge in [0, 0.05) is 37.5 Å². The van der Waals surface area contributed by atoms with E-state index in [1.165, 1.54) is 20.8 Å². The SMILES string of the molecule is C=C1[C@@H](OC(C)=O)C[C@H]2C[C@]3(C)[C@H](OC(C)=O)C[C@@](C)(COC(C)=O)[C@@H]3[C@@]12O. The highest BCUT2D eigenvalue weighted by Crippen LogP contribution is 2.72. The second-order valence-corrected chi connectivity index (χ2v) is 9.26. The Hall–Kier alpha value is -1.89. The second-order valence-electron chi connectivity index (χ2n) is 9.26. The molecule has 0 saturated heterocycles. The molecule has 0 amide bonds. The minimum Gasteiger partial charge on any atom is -0.465 e. The fourth-order valence-corrected chi connectivity index (χ4v) is 6.44. The lowest BCUT2D eigenvalue weighted by atomic mass is 9.65. The summed E-state index contributed by atoms with van der Waals surface area (Å²) in [5.41, 5.74) is -1.90. The van der Waals surface area contributed by atoms with Gasteiger partial charge in [0.2, 0.25) is 0 Å². The van der Waals surface area contributed by atoms with E-state index in [0.717, 1.165) is 0 Å². The molecule has 7 heteroatoms. The van der Waals surface area contributed by atoms with Gasteiger partial charge in [-0.2, -0.15) is 0 Å². The summed E-state index contributed by atoms with van der Waals surface area (Å²) in [6.45, 7) is 12.2. The summed E-state index contributed by atoms with van der Waals surface area (Å²) in [6, 6.07) is 0. The molecule has 0 aromatic carbocycles. The summed E-state index contributed by atoms with van der Waals surface area (Å²) in [7, 11) is 0. The van der Waals surface area contributed by atoms with Crippen LogP contribution in [0.15, 0.2) is 12.2 Å². The summed E-state index contributed by atoms with van der Waals surface area (Å²) in [6.07, 6.45) is 0.630. The van der Waals surface area contributed by atoms with Crippen LogP contribution in [0.3, 0.4) is 0 Å². The van der Waals surface area contributed by atoms with Gasteiger partial charge in [0.05, 0.1) is 12.2 Å². The number of fused-ring (bicyclic) bond motifs is 3. The zero-order valence-electron chi connectivity index (χ0n) is 17.2. The molecule has 0 bridgehead atoms. The number of rotatable bonds is 4. The van der Waals surface area contributed by atoms with Crippen LogP contribution in [-0.4, -0.2) is 47.4 Å². The highest BCUT2D eigenvalue weighted by Gasteiger charge is 2.75. The predicted molar refractivity (Wildman–Crippen MR) is 98.9 cm³/mol. The van der Waals surface area contributed by atoms with E-state index in [9.17, 15) is 19.5 Å². The van der Waals surface area contributed by atoms with E-state index in [4.69, 9.17) is 14.2 Å². The molecule has 3 aliphatic carbocycles. The topological polar surface area (TPSA) is 99.1 Å². The third-order valence-electron chi connectivity index (χ3n) is 7.12. The quantitative estimate of drug-likeness (QED) is 0.443. The normalized spacial score (nSPS) is 44.0. The molecule has 7 atom stereocenters. The molecule has 0 unspecified atom stereocenters. The van der Waals surface area contributed by atoms with Crippen LogP contribution in [0.4, 0.5) is 0 Å². The Morgan fingerprint density at radius 3 is 2.21 bits per heavy atom. The minimum absolute atomic E-state index is 0.112. The maximum Gasteiger partial charge on any atom is 0.303 e. The van der Waals surface area contributed by atoms with Crippen molar-refractivity contribution in [1.29, 1.82) is 0 Å². The van der Waals surface area contributed by atoms with Crippen molar-refractivity contribution in [2.45, 2.75) is 71.7 Å². The van der Waals surface area contributed by atoms with Crippen LogP contribution in [0.25, 0.3) is 0 Å². The van der Waals surface area contributed by atoms with Gasteiger partial charge >= 0.3 is 17.9 Å². The molecule has 0 aromatic rings. The summed E-state index contributed by atoms with van der Waals surface area (Å²) >= 11 is 0. The number of esters is 3. The summed E-state index contributed by atoms with van der Waals surface area (Å²) in [5, 5.41) is 11.9. The molecule has 156 valence electrons. The maximum absolute atomic E-state index is 11.9. The first-order chi connectivity index (χ1) is 12.8. The van der Waals surface area contributed by atoms with Crippen LogP contribution in [0, 0.1) is 22.7 Å². The first kappa shape index (κ1) is 20.8. The molecule has 0 spiro atoms. The largest absolute Gasteiger partial charge is 0.465 e. The lowest BCUT2D eigenvalue weighted by Gasteiger charge is -2.43. The molecule has 3 rings (SSSR count). The standard InChI is InChI=1S/C21H30O7/c1-11-16(27-13(3)23)7-15-8-20(6)17(28-14(4)24)9-19(5,10-26-12(2)22)18(20)21(11,15)25/h15-18,25H,1,7-10H2,2-6H3/t15-,16-,17+,18-,19-,20+,21+/m0/s1. The molecule has 28 heavy (non-hydrogen) atoms. The molecule has 0 aliphatic heterocycles. The van der Waals surface area contributed by atoms with Gasteiger partial charge in [-0.15, -0.1) is 0 Å². The van der Waals surface area contributed by atoms with E-state index in [0.29, 0.717) is 24.8 Å². The van der Waals surface area contributed by atoms with Crippen molar-refractivity contribution in [3.63, 3.8) is 0 Å². The van der Waals surface area contributed by atoms with Crippen LogP contribution < -0.4 is 0 Å². The van der Waals surface area contributed by atoms with E-state index in [1.54, 1.807) is 0 Å². The van der Waals surface area contributed by atoms with Crippen molar-refractivity contribution in [3.8, 4) is 0 Å². The maximum atomic E-state index is 11.9. The van der Waals surface area contributed by atoms with E-state index >= 15 is 0 Å². The van der Waals surface area contributed by atoms with E-state index in [2.05, 4.69) is 6.58 Å². The lowest BCUT2D eigenvalue weighted by molar-refractivity contribution is -0.153. The zero-order chi connectivity index (χ0) is 21.1. The minimum atomic E-state index is -1.28. The van der Waals surface area contributed by atoms with E-state index in [1.807, 2.05) is 13.8 Å². The predicted octanol–water partition coefficient (Wildman–Crippen LogP) is 2.16. The Kier molecular flexibility index (Phi) is 4.89. The highest BCUT2D eigenvalue weighted by molar-refractivity contribution is 5.67. The Morgan fingerprint density at radius 1 is 1.07 bits per heavy atom. The molecule has 7 nitrogen and oxygen atoms in total. The van der Waals surface area contributed by atoms with Gasteiger partial charge in [-0.05, 0) is 30.8 Å². The second kappa shape index (κ2) is 6.58. The first-order valence-electron chi connectivity index (χ1n) is 9.74. The van der Waals surface area contributed by atoms with Crippen LogP contribution in [0.1, 0.15) is 53.9 Å². The molecular weight excluding hydrogens is 364 g/mol. The van der Waals surface area contributed by atoms with Gasteiger partial charge in [-0.25, -0.2) is 0 Å². The van der Waals surface area contributed by atoms with Crippen molar-refractivity contribution in [1.82, 2.24) is 0 Å². The number of hydrogen-bond acceptors (Lipinski definition) is 7. The van der Waals surface area contributed by atoms with Crippen molar-refractivity contribution in [3.05, 3.63) is 12.2 Å². The van der Waals surface area contributed by atoms with Gasteiger partial charge in [0.1, 0.15) is 12.2 Å². The van der Waals surface area contributed by atoms with Crippen LogP contribution in [-0.2, 0) is 28.6 Å². The lowest BCUT2D eigenvalue weighted by Crippen LogP contribution is -2.49. The third-order valence-corrected chi connectivity index (χ3v) is 7.12. The van der Waals surface area contributed by atoms with Crippen LogP contribution in [0.2, 0.25) is 0 Å². The van der Waals surface area contributed by atoms with Gasteiger partial charge in [0.15, 0.2) is 0 Å². The van der Waals surface area contributed by atoms with E-state index < -0.39 is 40.6 Å². The van der Waals surface area contributed by atoms with Gasteiger partial charge in [-0.1, -0.05) is 20.4 Å². The average Bonchev–Trinajstić information content (AvgIpc) is 3.00. The third kappa shape index (κ3) is 2.95. The fourth-order valence-electron chi connectivity index (χ4n) is 6.44. The highest BCUT2D eigenvalue weighted by atomic mass is 16.6. The smallest absolute Gasteiger partial charge is 0.303 e. The molecule has 3 saturated carbocycles. The van der Waals surface area contributed by atoms with Gasteiger partial charge < -0.3 is 19.3 Å². The van der Waals surface area contributed by atoms with Gasteiger partial charge in [0.25, 0.3) is 0 Å². The number of carbonyl (C=O) groups is 3. The van der Waals surface area contributed by atoms with Gasteiger partial charge in [-0.3, -0.25) is 14.4 Å². The van der Waals surface area contributed by atoms with Crippen molar-refractivity contribution >= 4 is 17.9 Å². The fraction of sp³-hybridized carbons (Fsp3) is 0.762. The molecule has 3 aliphatic rings. The number of hydrogen-bond donors (Lipinski definition) is 1. The molecular formula is C21H30O7. The first-order valence-corrected chi connectivity index (χ1v) is 9.74. The summed E-state index contributed by atoms with van der Waals surface area (Å²) < 4.78 is 16.4. The summed E-state index contributed by atoms with van der Waals surface area (Å²) in [5.74, 6) is -1.71. The average molecular weight is 394 g/mol. The zero-order valence-corrected chi connectivity index (χ0v) is 17.2. The molecule has 0 heterocycles. The monoisotopic (exact) mass is 394 g/mol. The Morgan fingerprint density at radius 2 is 1.68 bits per heavy atom. The van der Waals surface area contributed by atoms with Crippen LogP contribution in [0.5, 0.6) is 0 Å². The van der Waals surface area contributed by atoms with Crippen molar-refractivity contribution < 1.29 is 33.7 Å². The Balaban J connectivity index is 2.01. The molecule has 3 fully saturated rings. The molecule has 0 aromatic heterocycles. The van der Waals surface area contributed by atoms with E-state index in [-0.39, 0.29) is 24.4 Å². The van der Waals surface area contributed by atoms with Crippen molar-refractivity contribution in [2.75, 3.05) is 6.61 Å². The summed E-state index contributed by atoms with van der Waals surface area (Å²) in [4.78, 5) is 34.7. The number of aliphatic hydroxyl groups is 1.